The maximum absolute atomic E-state index is 12.0. The number of rotatable bonds is 2. The number of carbonyl (C=O) groups is 1. The Morgan fingerprint density at radius 1 is 1.00 bits per heavy atom. The lowest BCUT2D eigenvalue weighted by molar-refractivity contribution is 0.0941. The summed E-state index contributed by atoms with van der Waals surface area (Å²) in [6, 6.07) is 12.0. The molecule has 8 heteroatoms. The van der Waals surface area contributed by atoms with Gasteiger partial charge in [0.05, 0.1) is 5.56 Å². The zero-order valence-corrected chi connectivity index (χ0v) is 15.0. The molecule has 0 aliphatic heterocycles. The first-order valence-electron chi connectivity index (χ1n) is 6.07. The predicted octanol–water partition coefficient (Wildman–Crippen LogP) is 3.55. The second-order valence-electron chi connectivity index (χ2n) is 4.20. The maximum atomic E-state index is 12.0. The molecule has 2 aromatic rings. The fourth-order valence-electron chi connectivity index (χ4n) is 1.57. The fourth-order valence-corrected chi connectivity index (χ4v) is 2.36. The Kier molecular flexibility index (Phi) is 5.76. The van der Waals surface area contributed by atoms with E-state index < -0.39 is 5.91 Å². The number of benzene rings is 2. The number of amides is 1. The first-order valence-corrected chi connectivity index (χ1v) is 8.06. The number of phenolic OH excluding ortho intramolecular Hbond substituents is 1. The minimum Gasteiger partial charge on any atom is -0.507 e. The van der Waals surface area contributed by atoms with Gasteiger partial charge >= 0.3 is 0 Å². The van der Waals surface area contributed by atoms with E-state index in [4.69, 9.17) is 12.2 Å². The fraction of sp³-hybridized carbons (Fsp3) is 0. The summed E-state index contributed by atoms with van der Waals surface area (Å²) in [4.78, 5) is 12.0. The SMILES string of the molecule is O=C(NNC(=S)Nc1ccc(Br)cc1)c1cc(Br)ccc1O. The van der Waals surface area contributed by atoms with Gasteiger partial charge in [0.15, 0.2) is 5.11 Å². The van der Waals surface area contributed by atoms with Gasteiger partial charge in [0.2, 0.25) is 0 Å². The van der Waals surface area contributed by atoms with E-state index in [0.717, 1.165) is 10.2 Å². The molecular weight excluding hydrogens is 434 g/mol. The second kappa shape index (κ2) is 7.57. The van der Waals surface area contributed by atoms with Crippen molar-refractivity contribution in [3.8, 4) is 5.75 Å². The van der Waals surface area contributed by atoms with Crippen molar-refractivity contribution < 1.29 is 9.90 Å². The third kappa shape index (κ3) is 4.69. The first kappa shape index (κ1) is 16.7. The van der Waals surface area contributed by atoms with Crippen molar-refractivity contribution in [1.29, 1.82) is 0 Å². The number of carbonyl (C=O) groups excluding carboxylic acids is 1. The molecule has 0 fully saturated rings. The van der Waals surface area contributed by atoms with Crippen LogP contribution in [-0.4, -0.2) is 16.1 Å². The average molecular weight is 445 g/mol. The highest BCUT2D eigenvalue weighted by Crippen LogP contribution is 2.21. The van der Waals surface area contributed by atoms with Crippen LogP contribution >= 0.6 is 44.1 Å². The maximum Gasteiger partial charge on any atom is 0.273 e. The van der Waals surface area contributed by atoms with E-state index >= 15 is 0 Å². The largest absolute Gasteiger partial charge is 0.507 e. The molecule has 114 valence electrons. The van der Waals surface area contributed by atoms with Gasteiger partial charge in [-0.1, -0.05) is 31.9 Å². The lowest BCUT2D eigenvalue weighted by Crippen LogP contribution is -2.43. The molecular formula is C14H11Br2N3O2S. The van der Waals surface area contributed by atoms with Crippen LogP contribution in [0.2, 0.25) is 0 Å². The molecule has 0 aliphatic carbocycles. The highest BCUT2D eigenvalue weighted by atomic mass is 79.9. The molecule has 2 aromatic carbocycles. The summed E-state index contributed by atoms with van der Waals surface area (Å²) < 4.78 is 1.64. The normalized spacial score (nSPS) is 9.91. The van der Waals surface area contributed by atoms with Crippen LogP contribution in [0.4, 0.5) is 5.69 Å². The van der Waals surface area contributed by atoms with Crippen molar-refractivity contribution in [3.05, 3.63) is 57.0 Å². The average Bonchev–Trinajstić information content (AvgIpc) is 2.49. The number of nitrogens with one attached hydrogen (secondary N) is 3. The summed E-state index contributed by atoms with van der Waals surface area (Å²) in [7, 11) is 0. The summed E-state index contributed by atoms with van der Waals surface area (Å²) in [5.74, 6) is -0.618. The molecule has 0 bridgehead atoms. The van der Waals surface area contributed by atoms with E-state index in [1.165, 1.54) is 12.1 Å². The summed E-state index contributed by atoms with van der Waals surface area (Å²) in [5, 5.41) is 12.8. The topological polar surface area (TPSA) is 73.4 Å². The highest BCUT2D eigenvalue weighted by Gasteiger charge is 2.11. The summed E-state index contributed by atoms with van der Waals surface area (Å²) in [6.45, 7) is 0. The summed E-state index contributed by atoms with van der Waals surface area (Å²) >= 11 is 11.7. The summed E-state index contributed by atoms with van der Waals surface area (Å²) in [5.41, 5.74) is 5.90. The van der Waals surface area contributed by atoms with Gasteiger partial charge in [-0.2, -0.15) is 0 Å². The minimum atomic E-state index is -0.501. The van der Waals surface area contributed by atoms with E-state index in [9.17, 15) is 9.90 Å². The third-order valence-electron chi connectivity index (χ3n) is 2.59. The molecule has 0 saturated carbocycles. The number of halogens is 2. The van der Waals surface area contributed by atoms with Crippen molar-refractivity contribution in [2.45, 2.75) is 0 Å². The lowest BCUT2D eigenvalue weighted by atomic mass is 10.2. The number of hydrogen-bond acceptors (Lipinski definition) is 3. The van der Waals surface area contributed by atoms with Crippen molar-refractivity contribution in [2.75, 3.05) is 5.32 Å². The molecule has 4 N–H and O–H groups in total. The van der Waals surface area contributed by atoms with Crippen molar-refractivity contribution >= 4 is 60.8 Å². The molecule has 1 amide bonds. The molecule has 22 heavy (non-hydrogen) atoms. The van der Waals surface area contributed by atoms with Crippen LogP contribution in [0.5, 0.6) is 5.75 Å². The van der Waals surface area contributed by atoms with Crippen LogP contribution in [0.3, 0.4) is 0 Å². The number of hydrazine groups is 1. The quantitative estimate of drug-likeness (QED) is 0.421. The van der Waals surface area contributed by atoms with Gasteiger partial charge in [-0.25, -0.2) is 0 Å². The molecule has 0 radical (unpaired) electrons. The van der Waals surface area contributed by atoms with Crippen molar-refractivity contribution in [1.82, 2.24) is 10.9 Å². The van der Waals surface area contributed by atoms with Gasteiger partial charge in [-0.3, -0.25) is 15.6 Å². The van der Waals surface area contributed by atoms with Crippen LogP contribution in [-0.2, 0) is 0 Å². The standard InChI is InChI=1S/C14H11Br2N3O2S/c15-8-1-4-10(5-2-8)17-14(22)19-18-13(21)11-7-9(16)3-6-12(11)20/h1-7,20H,(H,18,21)(H2,17,19,22). The van der Waals surface area contributed by atoms with E-state index in [1.54, 1.807) is 6.07 Å². The van der Waals surface area contributed by atoms with Crippen LogP contribution < -0.4 is 16.2 Å². The lowest BCUT2D eigenvalue weighted by Gasteiger charge is -2.12. The Morgan fingerprint density at radius 2 is 1.64 bits per heavy atom. The zero-order valence-electron chi connectivity index (χ0n) is 11.1. The molecule has 0 unspecified atom stereocenters. The van der Waals surface area contributed by atoms with Gasteiger partial charge < -0.3 is 10.4 Å². The van der Waals surface area contributed by atoms with Gasteiger partial charge in [0.25, 0.3) is 5.91 Å². The van der Waals surface area contributed by atoms with Crippen LogP contribution in [0.15, 0.2) is 51.4 Å². The molecule has 0 spiro atoms. The second-order valence-corrected chi connectivity index (χ2v) is 6.44. The van der Waals surface area contributed by atoms with Gasteiger partial charge in [-0.15, -0.1) is 0 Å². The number of anilines is 1. The molecule has 5 nitrogen and oxygen atoms in total. The number of phenols is 1. The third-order valence-corrected chi connectivity index (χ3v) is 3.82. The molecule has 0 aromatic heterocycles. The van der Waals surface area contributed by atoms with Crippen LogP contribution in [0.1, 0.15) is 10.4 Å². The first-order chi connectivity index (χ1) is 10.5. The van der Waals surface area contributed by atoms with Gasteiger partial charge in [-0.05, 0) is 54.7 Å². The molecule has 0 aliphatic rings. The van der Waals surface area contributed by atoms with E-state index in [0.29, 0.717) is 4.47 Å². The molecule has 0 atom stereocenters. The van der Waals surface area contributed by atoms with Crippen molar-refractivity contribution in [2.24, 2.45) is 0 Å². The van der Waals surface area contributed by atoms with E-state index in [1.807, 2.05) is 24.3 Å². The molecule has 0 heterocycles. The van der Waals surface area contributed by atoms with Gasteiger partial charge in [0, 0.05) is 14.6 Å². The van der Waals surface area contributed by atoms with Crippen LogP contribution in [0.25, 0.3) is 0 Å². The Morgan fingerprint density at radius 3 is 2.32 bits per heavy atom. The molecule has 0 saturated heterocycles. The highest BCUT2D eigenvalue weighted by molar-refractivity contribution is 9.10. The monoisotopic (exact) mass is 443 g/mol. The Hall–Kier alpha value is -1.64. The van der Waals surface area contributed by atoms with Crippen molar-refractivity contribution in [3.63, 3.8) is 0 Å². The van der Waals surface area contributed by atoms with E-state index in [2.05, 4.69) is 48.0 Å². The Bertz CT molecular complexity index is 708. The molecule has 2 rings (SSSR count). The van der Waals surface area contributed by atoms with Gasteiger partial charge in [0.1, 0.15) is 5.75 Å². The Balaban J connectivity index is 1.91. The number of aromatic hydroxyl groups is 1. The minimum absolute atomic E-state index is 0.116. The smallest absolute Gasteiger partial charge is 0.273 e. The zero-order chi connectivity index (χ0) is 16.1. The summed E-state index contributed by atoms with van der Waals surface area (Å²) in [6.07, 6.45) is 0. The Labute approximate surface area is 149 Å². The predicted molar refractivity (Wildman–Crippen MR) is 96.8 cm³/mol. The van der Waals surface area contributed by atoms with E-state index in [-0.39, 0.29) is 16.4 Å². The number of thiocarbonyl (C=S) groups is 1. The van der Waals surface area contributed by atoms with Crippen LogP contribution in [0, 0.1) is 0 Å². The number of hydrogen-bond donors (Lipinski definition) is 4.